The summed E-state index contributed by atoms with van der Waals surface area (Å²) in [5.41, 5.74) is 2.05. The summed E-state index contributed by atoms with van der Waals surface area (Å²) >= 11 is 0. The van der Waals surface area contributed by atoms with Crippen LogP contribution in [0.4, 0.5) is 5.69 Å². The fourth-order valence-electron chi connectivity index (χ4n) is 4.41. The summed E-state index contributed by atoms with van der Waals surface area (Å²) in [6.45, 7) is 14.3. The van der Waals surface area contributed by atoms with E-state index < -0.39 is 0 Å². The predicted molar refractivity (Wildman–Crippen MR) is 143 cm³/mol. The highest BCUT2D eigenvalue weighted by Gasteiger charge is 2.28. The quantitative estimate of drug-likeness (QED) is 0.228. The molecule has 0 aliphatic heterocycles. The van der Waals surface area contributed by atoms with E-state index in [1.165, 1.54) is 32.1 Å². The summed E-state index contributed by atoms with van der Waals surface area (Å²) in [5, 5.41) is 7.15. The highest BCUT2D eigenvalue weighted by atomic mass is 16.5. The van der Waals surface area contributed by atoms with Gasteiger partial charge in [0.1, 0.15) is 5.75 Å². The Morgan fingerprint density at radius 1 is 0.970 bits per heavy atom. The van der Waals surface area contributed by atoms with Crippen molar-refractivity contribution in [3.63, 3.8) is 0 Å². The molecule has 1 aromatic rings. The number of carbonyl (C=O) groups is 1. The highest BCUT2D eigenvalue weighted by Crippen LogP contribution is 2.36. The van der Waals surface area contributed by atoms with E-state index >= 15 is 0 Å². The van der Waals surface area contributed by atoms with Crippen molar-refractivity contribution < 1.29 is 9.53 Å². The lowest BCUT2D eigenvalue weighted by atomic mass is 9.92. The van der Waals surface area contributed by atoms with Crippen molar-refractivity contribution in [2.75, 3.05) is 38.6 Å². The molecule has 1 amide bonds. The molecule has 0 spiro atoms. The normalized spacial score (nSPS) is 12.9. The van der Waals surface area contributed by atoms with Gasteiger partial charge in [0.05, 0.1) is 18.7 Å². The number of unbranched alkanes of at least 4 members (excludes halogenated alkanes) is 5. The number of hydrogen-bond donors (Lipinski definition) is 2. The van der Waals surface area contributed by atoms with E-state index in [1.807, 2.05) is 12.1 Å². The van der Waals surface area contributed by atoms with Gasteiger partial charge in [0.2, 0.25) is 5.91 Å². The lowest BCUT2D eigenvalue weighted by Gasteiger charge is -2.31. The van der Waals surface area contributed by atoms with Gasteiger partial charge < -0.3 is 20.3 Å². The van der Waals surface area contributed by atoms with Gasteiger partial charge >= 0.3 is 0 Å². The molecule has 0 aromatic heterocycles. The Morgan fingerprint density at radius 3 is 2.33 bits per heavy atom. The van der Waals surface area contributed by atoms with Gasteiger partial charge in [0, 0.05) is 25.7 Å². The molecular formula is C28H51N3O2. The molecule has 5 heteroatoms. The average molecular weight is 462 g/mol. The van der Waals surface area contributed by atoms with E-state index in [-0.39, 0.29) is 17.9 Å². The summed E-state index contributed by atoms with van der Waals surface area (Å²) in [6.07, 6.45) is 10.4. The van der Waals surface area contributed by atoms with Gasteiger partial charge in [-0.25, -0.2) is 0 Å². The number of para-hydroxylation sites is 1. The number of anilines is 1. The fourth-order valence-corrected chi connectivity index (χ4v) is 4.41. The molecule has 0 aliphatic carbocycles. The summed E-state index contributed by atoms with van der Waals surface area (Å²) in [7, 11) is 1.71. The lowest BCUT2D eigenvalue weighted by Crippen LogP contribution is -2.44. The first kappa shape index (κ1) is 29.3. The van der Waals surface area contributed by atoms with E-state index in [4.69, 9.17) is 4.74 Å². The Labute approximate surface area is 204 Å². The van der Waals surface area contributed by atoms with Crippen LogP contribution in [0.3, 0.4) is 0 Å². The number of rotatable bonds is 19. The molecule has 0 fully saturated rings. The van der Waals surface area contributed by atoms with Crippen LogP contribution in [0.5, 0.6) is 5.75 Å². The second-order valence-corrected chi connectivity index (χ2v) is 9.22. The Bertz CT molecular complexity index is 650. The minimum Gasteiger partial charge on any atom is -0.495 e. The van der Waals surface area contributed by atoms with Crippen molar-refractivity contribution in [2.24, 2.45) is 0 Å². The molecule has 33 heavy (non-hydrogen) atoms. The Hall–Kier alpha value is -1.75. The van der Waals surface area contributed by atoms with Gasteiger partial charge in [0.25, 0.3) is 0 Å². The number of nitrogens with one attached hydrogen (secondary N) is 2. The van der Waals surface area contributed by atoms with E-state index in [9.17, 15) is 4.79 Å². The summed E-state index contributed by atoms with van der Waals surface area (Å²) in [5.74, 6) is 0.877. The molecule has 0 heterocycles. The van der Waals surface area contributed by atoms with Gasteiger partial charge in [-0.3, -0.25) is 4.79 Å². The first-order valence-corrected chi connectivity index (χ1v) is 13.5. The monoisotopic (exact) mass is 461 g/mol. The number of amides is 1. The first-order valence-electron chi connectivity index (χ1n) is 13.5. The third-order valence-corrected chi connectivity index (χ3v) is 6.23. The Kier molecular flexibility index (Phi) is 15.7. The third kappa shape index (κ3) is 10.4. The topological polar surface area (TPSA) is 53.6 Å². The van der Waals surface area contributed by atoms with Crippen LogP contribution >= 0.6 is 0 Å². The van der Waals surface area contributed by atoms with Crippen LogP contribution in [0.15, 0.2) is 18.2 Å². The lowest BCUT2D eigenvalue weighted by molar-refractivity contribution is -0.133. The number of carbonyl (C=O) groups excluding carboxylic acids is 1. The van der Waals surface area contributed by atoms with Gasteiger partial charge in [0.15, 0.2) is 0 Å². The predicted octanol–water partition coefficient (Wildman–Crippen LogP) is 6.59. The summed E-state index contributed by atoms with van der Waals surface area (Å²) in [4.78, 5) is 15.8. The summed E-state index contributed by atoms with van der Waals surface area (Å²) in [6, 6.07) is 6.38. The van der Waals surface area contributed by atoms with Crippen molar-refractivity contribution in [1.29, 1.82) is 0 Å². The number of ether oxygens (including phenoxy) is 1. The van der Waals surface area contributed by atoms with Crippen molar-refractivity contribution in [3.05, 3.63) is 23.8 Å². The molecule has 0 aliphatic rings. The van der Waals surface area contributed by atoms with Crippen LogP contribution in [0.25, 0.3) is 0 Å². The number of methoxy groups -OCH3 is 1. The highest BCUT2D eigenvalue weighted by molar-refractivity contribution is 5.86. The number of hydrogen-bond acceptors (Lipinski definition) is 4. The van der Waals surface area contributed by atoms with Crippen LogP contribution in [0.2, 0.25) is 0 Å². The fraction of sp³-hybridized carbons (Fsp3) is 0.750. The largest absolute Gasteiger partial charge is 0.495 e. The number of nitrogens with zero attached hydrogens (tertiary/aromatic N) is 1. The zero-order chi connectivity index (χ0) is 24.5. The smallest absolute Gasteiger partial charge is 0.230 e. The standard InChI is InChI=1S/C28H51N3O2/c1-7-11-12-13-14-15-20-30-27-25(17-16-18-26(27)33-6)24(10-4)28(32)31(21-9-3)22-23(5)29-19-8-2/h16-18,23-24,29-30H,7-15,19-22H2,1-6H3. The van der Waals surface area contributed by atoms with Gasteiger partial charge in [-0.2, -0.15) is 0 Å². The van der Waals surface area contributed by atoms with Crippen molar-refractivity contribution in [3.8, 4) is 5.75 Å². The third-order valence-electron chi connectivity index (χ3n) is 6.23. The Morgan fingerprint density at radius 2 is 1.70 bits per heavy atom. The van der Waals surface area contributed by atoms with Crippen LogP contribution < -0.4 is 15.4 Å². The Balaban J connectivity index is 2.97. The molecular weight excluding hydrogens is 410 g/mol. The van der Waals surface area contributed by atoms with Crippen molar-refractivity contribution in [1.82, 2.24) is 10.2 Å². The molecule has 0 saturated carbocycles. The van der Waals surface area contributed by atoms with E-state index in [0.29, 0.717) is 0 Å². The molecule has 0 saturated heterocycles. The minimum absolute atomic E-state index is 0.169. The molecule has 1 rings (SSSR count). The maximum Gasteiger partial charge on any atom is 0.230 e. The van der Waals surface area contributed by atoms with Crippen LogP contribution in [-0.2, 0) is 4.79 Å². The molecule has 1 aromatic carbocycles. The molecule has 190 valence electrons. The molecule has 2 unspecified atom stereocenters. The molecule has 0 radical (unpaired) electrons. The van der Waals surface area contributed by atoms with Crippen LogP contribution in [0, 0.1) is 0 Å². The second kappa shape index (κ2) is 17.7. The van der Waals surface area contributed by atoms with E-state index in [2.05, 4.69) is 56.2 Å². The van der Waals surface area contributed by atoms with Crippen molar-refractivity contribution in [2.45, 2.75) is 104 Å². The molecule has 2 atom stereocenters. The average Bonchev–Trinajstić information content (AvgIpc) is 2.82. The zero-order valence-electron chi connectivity index (χ0n) is 22.3. The molecule has 0 bridgehead atoms. The van der Waals surface area contributed by atoms with Crippen LogP contribution in [0.1, 0.15) is 104 Å². The summed E-state index contributed by atoms with van der Waals surface area (Å²) < 4.78 is 5.69. The molecule has 5 nitrogen and oxygen atoms in total. The van der Waals surface area contributed by atoms with E-state index in [1.54, 1.807) is 7.11 Å². The van der Waals surface area contributed by atoms with Gasteiger partial charge in [-0.05, 0) is 50.8 Å². The zero-order valence-corrected chi connectivity index (χ0v) is 22.3. The first-order chi connectivity index (χ1) is 16.0. The minimum atomic E-state index is -0.169. The second-order valence-electron chi connectivity index (χ2n) is 9.22. The SMILES string of the molecule is CCCCCCCCNc1c(OC)cccc1C(CC)C(=O)N(CCC)CC(C)NCCC. The van der Waals surface area contributed by atoms with E-state index in [0.717, 1.165) is 68.9 Å². The molecule has 2 N–H and O–H groups in total. The van der Waals surface area contributed by atoms with Crippen LogP contribution in [-0.4, -0.2) is 50.1 Å². The van der Waals surface area contributed by atoms with Gasteiger partial charge in [-0.1, -0.05) is 71.9 Å². The van der Waals surface area contributed by atoms with Gasteiger partial charge in [-0.15, -0.1) is 0 Å². The number of benzene rings is 1. The van der Waals surface area contributed by atoms with Crippen molar-refractivity contribution >= 4 is 11.6 Å². The maximum atomic E-state index is 13.7. The maximum absolute atomic E-state index is 13.7.